The number of nitrogens with zero attached hydrogens (tertiary/aromatic N) is 2. The van der Waals surface area contributed by atoms with Crippen molar-refractivity contribution >= 4 is 41.1 Å². The summed E-state index contributed by atoms with van der Waals surface area (Å²) >= 11 is 1.48. The maximum absolute atomic E-state index is 12.3. The number of hydrogen-bond acceptors (Lipinski definition) is 6. The standard InChI is InChI=1S/C17H20N4O5S/c22-13(19-16(25)18-11-4-1-2-5-11)10-21-15(24)14(23)20(17(21)26)8-7-12-6-3-9-27-12/h3,6,9,11H,1-2,4-5,7-8,10H2,(H2,18,19,22,25). The second kappa shape index (κ2) is 8.30. The van der Waals surface area contributed by atoms with Gasteiger partial charge in [0.25, 0.3) is 0 Å². The Kier molecular flexibility index (Phi) is 5.84. The summed E-state index contributed by atoms with van der Waals surface area (Å²) in [6, 6.07) is 2.25. The fourth-order valence-corrected chi connectivity index (χ4v) is 3.86. The van der Waals surface area contributed by atoms with Gasteiger partial charge in [0, 0.05) is 23.9 Å². The Morgan fingerprint density at radius 2 is 1.81 bits per heavy atom. The van der Waals surface area contributed by atoms with Gasteiger partial charge in [-0.1, -0.05) is 18.9 Å². The van der Waals surface area contributed by atoms with Gasteiger partial charge in [0.05, 0.1) is 0 Å². The van der Waals surface area contributed by atoms with E-state index in [1.54, 1.807) is 0 Å². The quantitative estimate of drug-likeness (QED) is 0.550. The van der Waals surface area contributed by atoms with Crippen molar-refractivity contribution in [1.29, 1.82) is 0 Å². The van der Waals surface area contributed by atoms with Gasteiger partial charge in [-0.05, 0) is 24.3 Å². The highest BCUT2D eigenvalue weighted by Crippen LogP contribution is 2.17. The zero-order chi connectivity index (χ0) is 19.4. The number of amides is 7. The predicted octanol–water partition coefficient (Wildman–Crippen LogP) is 0.850. The molecule has 0 unspecified atom stereocenters. The van der Waals surface area contributed by atoms with Crippen LogP contribution in [0.2, 0.25) is 0 Å². The summed E-state index contributed by atoms with van der Waals surface area (Å²) in [5.74, 6) is -2.84. The molecule has 3 rings (SSSR count). The third kappa shape index (κ3) is 4.51. The first-order valence-electron chi connectivity index (χ1n) is 8.75. The van der Waals surface area contributed by atoms with Crippen LogP contribution in [0.5, 0.6) is 0 Å². The van der Waals surface area contributed by atoms with E-state index >= 15 is 0 Å². The van der Waals surface area contributed by atoms with Gasteiger partial charge in [0.2, 0.25) is 5.91 Å². The molecule has 1 saturated heterocycles. The summed E-state index contributed by atoms with van der Waals surface area (Å²) in [5.41, 5.74) is 0. The Bertz CT molecular complexity index is 757. The maximum Gasteiger partial charge on any atom is 0.334 e. The van der Waals surface area contributed by atoms with E-state index in [1.807, 2.05) is 17.5 Å². The van der Waals surface area contributed by atoms with Crippen LogP contribution in [-0.4, -0.2) is 58.7 Å². The van der Waals surface area contributed by atoms with Crippen LogP contribution < -0.4 is 10.6 Å². The van der Waals surface area contributed by atoms with Gasteiger partial charge in [-0.15, -0.1) is 11.3 Å². The molecule has 1 aliphatic heterocycles. The van der Waals surface area contributed by atoms with Crippen molar-refractivity contribution in [1.82, 2.24) is 20.4 Å². The van der Waals surface area contributed by atoms with Crippen LogP contribution >= 0.6 is 11.3 Å². The van der Waals surface area contributed by atoms with E-state index in [1.165, 1.54) is 11.3 Å². The lowest BCUT2D eigenvalue weighted by atomic mass is 10.2. The molecule has 0 spiro atoms. The highest BCUT2D eigenvalue weighted by molar-refractivity contribution is 7.09. The minimum Gasteiger partial charge on any atom is -0.335 e. The molecule has 2 heterocycles. The molecular weight excluding hydrogens is 372 g/mol. The topological polar surface area (TPSA) is 116 Å². The van der Waals surface area contributed by atoms with Crippen LogP contribution in [0.15, 0.2) is 17.5 Å². The van der Waals surface area contributed by atoms with E-state index < -0.39 is 36.3 Å². The molecule has 1 saturated carbocycles. The lowest BCUT2D eigenvalue weighted by molar-refractivity contribution is -0.143. The average molecular weight is 392 g/mol. The summed E-state index contributed by atoms with van der Waals surface area (Å²) in [7, 11) is 0. The number of carbonyl (C=O) groups is 5. The molecule has 2 N–H and O–H groups in total. The Hall–Kier alpha value is -2.75. The number of thiophene rings is 1. The first-order chi connectivity index (χ1) is 13.0. The Morgan fingerprint density at radius 1 is 1.11 bits per heavy atom. The van der Waals surface area contributed by atoms with E-state index in [4.69, 9.17) is 0 Å². The normalized spacial score (nSPS) is 17.7. The molecule has 0 atom stereocenters. The van der Waals surface area contributed by atoms with E-state index in [-0.39, 0.29) is 12.6 Å². The Morgan fingerprint density at radius 3 is 2.48 bits per heavy atom. The summed E-state index contributed by atoms with van der Waals surface area (Å²) in [6.45, 7) is -0.610. The maximum atomic E-state index is 12.3. The van der Waals surface area contributed by atoms with Crippen LogP contribution in [0.1, 0.15) is 30.6 Å². The first kappa shape index (κ1) is 19.0. The summed E-state index contributed by atoms with van der Waals surface area (Å²) in [5, 5.41) is 6.65. The van der Waals surface area contributed by atoms with E-state index in [0.717, 1.165) is 35.5 Å². The minimum absolute atomic E-state index is 0.0298. The summed E-state index contributed by atoms with van der Waals surface area (Å²) in [6.07, 6.45) is 4.21. The third-order valence-electron chi connectivity index (χ3n) is 4.54. The molecule has 0 aromatic carbocycles. The average Bonchev–Trinajstić information content (AvgIpc) is 3.35. The largest absolute Gasteiger partial charge is 0.335 e. The number of imide groups is 3. The van der Waals surface area contributed by atoms with Crippen LogP contribution in [0.3, 0.4) is 0 Å². The smallest absolute Gasteiger partial charge is 0.334 e. The third-order valence-corrected chi connectivity index (χ3v) is 5.48. The fourth-order valence-electron chi connectivity index (χ4n) is 3.17. The number of nitrogens with one attached hydrogen (secondary N) is 2. The van der Waals surface area contributed by atoms with Gasteiger partial charge in [0.15, 0.2) is 0 Å². The highest BCUT2D eigenvalue weighted by atomic mass is 32.1. The van der Waals surface area contributed by atoms with Crippen LogP contribution in [-0.2, 0) is 20.8 Å². The van der Waals surface area contributed by atoms with E-state index in [0.29, 0.717) is 11.3 Å². The molecule has 7 amide bonds. The molecule has 9 nitrogen and oxygen atoms in total. The van der Waals surface area contributed by atoms with Crippen LogP contribution in [0.4, 0.5) is 9.59 Å². The van der Waals surface area contributed by atoms with Crippen LogP contribution in [0, 0.1) is 0 Å². The SMILES string of the molecule is O=C(CN1C(=O)C(=O)N(CCc2cccs2)C1=O)NC(=O)NC1CCCC1. The van der Waals surface area contributed by atoms with Crippen molar-refractivity contribution in [2.75, 3.05) is 13.1 Å². The fraction of sp³-hybridized carbons (Fsp3) is 0.471. The number of carbonyl (C=O) groups excluding carboxylic acids is 5. The van der Waals surface area contributed by atoms with Crippen molar-refractivity contribution in [2.24, 2.45) is 0 Å². The summed E-state index contributed by atoms with van der Waals surface area (Å²) < 4.78 is 0. The molecule has 2 fully saturated rings. The van der Waals surface area contributed by atoms with Crippen molar-refractivity contribution in [2.45, 2.75) is 38.1 Å². The molecule has 1 aromatic heterocycles. The Labute approximate surface area is 159 Å². The Balaban J connectivity index is 1.51. The lowest BCUT2D eigenvalue weighted by Gasteiger charge is -2.16. The zero-order valence-electron chi connectivity index (χ0n) is 14.6. The number of rotatable bonds is 6. The van der Waals surface area contributed by atoms with E-state index in [2.05, 4.69) is 10.6 Å². The van der Waals surface area contributed by atoms with Gasteiger partial charge in [-0.3, -0.25) is 24.6 Å². The summed E-state index contributed by atoms with van der Waals surface area (Å²) in [4.78, 5) is 62.5. The van der Waals surface area contributed by atoms with Gasteiger partial charge >= 0.3 is 23.9 Å². The molecule has 144 valence electrons. The molecule has 10 heteroatoms. The number of urea groups is 2. The van der Waals surface area contributed by atoms with Gasteiger partial charge < -0.3 is 5.32 Å². The molecular formula is C17H20N4O5S. The van der Waals surface area contributed by atoms with Crippen LogP contribution in [0.25, 0.3) is 0 Å². The second-order valence-corrected chi connectivity index (χ2v) is 7.50. The first-order valence-corrected chi connectivity index (χ1v) is 9.63. The van der Waals surface area contributed by atoms with Gasteiger partial charge in [-0.25, -0.2) is 14.5 Å². The molecule has 0 radical (unpaired) electrons. The second-order valence-electron chi connectivity index (χ2n) is 6.46. The highest BCUT2D eigenvalue weighted by Gasteiger charge is 2.45. The van der Waals surface area contributed by atoms with Crippen molar-refractivity contribution in [3.05, 3.63) is 22.4 Å². The lowest BCUT2D eigenvalue weighted by Crippen LogP contribution is -2.48. The molecule has 0 bridgehead atoms. The minimum atomic E-state index is -1.06. The molecule has 27 heavy (non-hydrogen) atoms. The van der Waals surface area contributed by atoms with Crippen molar-refractivity contribution in [3.63, 3.8) is 0 Å². The number of hydrogen-bond donors (Lipinski definition) is 2. The van der Waals surface area contributed by atoms with Gasteiger partial charge in [-0.2, -0.15) is 0 Å². The van der Waals surface area contributed by atoms with Crippen molar-refractivity contribution < 1.29 is 24.0 Å². The van der Waals surface area contributed by atoms with E-state index in [9.17, 15) is 24.0 Å². The monoisotopic (exact) mass is 392 g/mol. The molecule has 1 aliphatic carbocycles. The zero-order valence-corrected chi connectivity index (χ0v) is 15.4. The predicted molar refractivity (Wildman–Crippen MR) is 95.8 cm³/mol. The van der Waals surface area contributed by atoms with Gasteiger partial charge in [0.1, 0.15) is 6.54 Å². The molecule has 2 aliphatic rings. The molecule has 1 aromatic rings. The van der Waals surface area contributed by atoms with Crippen molar-refractivity contribution in [3.8, 4) is 0 Å².